The first-order valence-electron chi connectivity index (χ1n) is 6.08. The van der Waals surface area contributed by atoms with Crippen molar-refractivity contribution in [3.05, 3.63) is 46.1 Å². The van der Waals surface area contributed by atoms with Crippen molar-refractivity contribution in [3.63, 3.8) is 0 Å². The highest BCUT2D eigenvalue weighted by atomic mass is 35.5. The molecule has 0 aliphatic carbocycles. The number of benzene rings is 1. The Kier molecular flexibility index (Phi) is 4.83. The highest BCUT2D eigenvalue weighted by Gasteiger charge is 2.11. The first kappa shape index (κ1) is 14.6. The molecule has 0 spiro atoms. The fourth-order valence-electron chi connectivity index (χ4n) is 1.70. The molecule has 2 rings (SSSR count). The molecule has 0 saturated heterocycles. The second-order valence-electron chi connectivity index (χ2n) is 4.06. The molecule has 0 amide bonds. The summed E-state index contributed by atoms with van der Waals surface area (Å²) in [7, 11) is 0. The van der Waals surface area contributed by atoms with Crippen molar-refractivity contribution in [2.24, 2.45) is 0 Å². The second kappa shape index (κ2) is 6.60. The van der Waals surface area contributed by atoms with E-state index in [-0.39, 0.29) is 5.82 Å². The van der Waals surface area contributed by atoms with Gasteiger partial charge in [0.1, 0.15) is 17.5 Å². The predicted octanol–water partition coefficient (Wildman–Crippen LogP) is 3.44. The normalized spacial score (nSPS) is 10.2. The fraction of sp³-hybridized carbons (Fsp3) is 0.214. The summed E-state index contributed by atoms with van der Waals surface area (Å²) in [4.78, 5) is 8.54. The summed E-state index contributed by atoms with van der Waals surface area (Å²) in [5.74, 6) is 0.898. The van der Waals surface area contributed by atoms with E-state index in [0.717, 1.165) is 10.6 Å². The van der Waals surface area contributed by atoms with Crippen LogP contribution in [0.2, 0.25) is 5.02 Å². The molecule has 20 heavy (non-hydrogen) atoms. The van der Waals surface area contributed by atoms with Gasteiger partial charge < -0.3 is 5.73 Å². The van der Waals surface area contributed by atoms with E-state index in [9.17, 15) is 0 Å². The van der Waals surface area contributed by atoms with Crippen LogP contribution in [0.5, 0.6) is 0 Å². The Labute approximate surface area is 127 Å². The third kappa shape index (κ3) is 3.21. The predicted molar refractivity (Wildman–Crippen MR) is 81.6 cm³/mol. The standard InChI is InChI=1S/C14H13ClN4S/c1-2-12-10(7-16)13(17)19-14(18-12)20-8-9-5-3-4-6-11(9)15/h3-6H,2,8H2,1H3,(H2,17,18,19). The van der Waals surface area contributed by atoms with E-state index in [4.69, 9.17) is 22.6 Å². The lowest BCUT2D eigenvalue weighted by Gasteiger charge is -2.07. The number of anilines is 1. The third-order valence-electron chi connectivity index (χ3n) is 2.75. The Morgan fingerprint density at radius 3 is 2.75 bits per heavy atom. The van der Waals surface area contributed by atoms with Gasteiger partial charge in [0.25, 0.3) is 0 Å². The molecule has 1 heterocycles. The number of hydrogen-bond donors (Lipinski definition) is 1. The minimum Gasteiger partial charge on any atom is -0.382 e. The molecule has 0 atom stereocenters. The van der Waals surface area contributed by atoms with Crippen LogP contribution in [-0.2, 0) is 12.2 Å². The highest BCUT2D eigenvalue weighted by Crippen LogP contribution is 2.26. The number of nitrogens with zero attached hydrogens (tertiary/aromatic N) is 3. The van der Waals surface area contributed by atoms with E-state index in [0.29, 0.717) is 28.6 Å². The van der Waals surface area contributed by atoms with Crippen molar-refractivity contribution in [2.45, 2.75) is 24.3 Å². The van der Waals surface area contributed by atoms with E-state index in [2.05, 4.69) is 9.97 Å². The Bertz CT molecular complexity index is 667. The van der Waals surface area contributed by atoms with Crippen molar-refractivity contribution < 1.29 is 0 Å². The SMILES string of the molecule is CCc1nc(SCc2ccccc2Cl)nc(N)c1C#N. The van der Waals surface area contributed by atoms with Crippen LogP contribution in [0.3, 0.4) is 0 Å². The molecular weight excluding hydrogens is 292 g/mol. The van der Waals surface area contributed by atoms with Gasteiger partial charge in [-0.1, -0.05) is 48.5 Å². The van der Waals surface area contributed by atoms with Crippen molar-refractivity contribution >= 4 is 29.2 Å². The number of rotatable bonds is 4. The maximum absolute atomic E-state index is 9.03. The Balaban J connectivity index is 2.21. The summed E-state index contributed by atoms with van der Waals surface area (Å²) in [5.41, 5.74) is 7.86. The number of nitrogens with two attached hydrogens (primary N) is 1. The minimum atomic E-state index is 0.237. The second-order valence-corrected chi connectivity index (χ2v) is 5.41. The fourth-order valence-corrected chi connectivity index (χ4v) is 2.86. The number of nitrogen functional groups attached to an aromatic ring is 1. The smallest absolute Gasteiger partial charge is 0.190 e. The van der Waals surface area contributed by atoms with Crippen LogP contribution in [0.4, 0.5) is 5.82 Å². The molecule has 0 bridgehead atoms. The molecule has 0 saturated carbocycles. The van der Waals surface area contributed by atoms with Crippen LogP contribution in [0.15, 0.2) is 29.4 Å². The summed E-state index contributed by atoms with van der Waals surface area (Å²) in [6, 6.07) is 9.68. The van der Waals surface area contributed by atoms with Crippen LogP contribution in [0.1, 0.15) is 23.7 Å². The van der Waals surface area contributed by atoms with Crippen LogP contribution in [-0.4, -0.2) is 9.97 Å². The number of hydrogen-bond acceptors (Lipinski definition) is 5. The number of halogens is 1. The molecule has 1 aromatic heterocycles. The van der Waals surface area contributed by atoms with Gasteiger partial charge in [0.15, 0.2) is 5.16 Å². The molecule has 6 heteroatoms. The first-order valence-corrected chi connectivity index (χ1v) is 7.44. The Morgan fingerprint density at radius 1 is 1.35 bits per heavy atom. The quantitative estimate of drug-likeness (QED) is 0.691. The molecule has 0 unspecified atom stereocenters. The highest BCUT2D eigenvalue weighted by molar-refractivity contribution is 7.98. The zero-order valence-electron chi connectivity index (χ0n) is 10.9. The van der Waals surface area contributed by atoms with Gasteiger partial charge in [-0.2, -0.15) is 5.26 Å². The lowest BCUT2D eigenvalue weighted by Crippen LogP contribution is -2.04. The summed E-state index contributed by atoms with van der Waals surface area (Å²) in [5, 5.41) is 10.3. The average Bonchev–Trinajstić information content (AvgIpc) is 2.45. The number of aromatic nitrogens is 2. The number of thioether (sulfide) groups is 1. The van der Waals surface area contributed by atoms with Gasteiger partial charge in [-0.05, 0) is 18.1 Å². The Morgan fingerprint density at radius 2 is 2.10 bits per heavy atom. The van der Waals surface area contributed by atoms with Gasteiger partial charge in [0.2, 0.25) is 0 Å². The molecule has 0 radical (unpaired) electrons. The largest absolute Gasteiger partial charge is 0.382 e. The third-order valence-corrected chi connectivity index (χ3v) is 4.02. The summed E-state index contributed by atoms with van der Waals surface area (Å²) >= 11 is 7.56. The maximum Gasteiger partial charge on any atom is 0.190 e. The van der Waals surface area contributed by atoms with Crippen LogP contribution in [0, 0.1) is 11.3 Å². The molecular formula is C14H13ClN4S. The lowest BCUT2D eigenvalue weighted by atomic mass is 10.2. The van der Waals surface area contributed by atoms with Crippen LogP contribution in [0.25, 0.3) is 0 Å². The molecule has 102 valence electrons. The van der Waals surface area contributed by atoms with Gasteiger partial charge in [-0.15, -0.1) is 0 Å². The van der Waals surface area contributed by atoms with Crippen molar-refractivity contribution in [1.82, 2.24) is 9.97 Å². The molecule has 1 aromatic carbocycles. The van der Waals surface area contributed by atoms with Crippen molar-refractivity contribution in [2.75, 3.05) is 5.73 Å². The van der Waals surface area contributed by atoms with Gasteiger partial charge in [0, 0.05) is 10.8 Å². The van der Waals surface area contributed by atoms with Crippen LogP contribution < -0.4 is 5.73 Å². The maximum atomic E-state index is 9.03. The van der Waals surface area contributed by atoms with Crippen molar-refractivity contribution in [1.29, 1.82) is 5.26 Å². The van der Waals surface area contributed by atoms with Gasteiger partial charge in [-0.3, -0.25) is 0 Å². The molecule has 2 aromatic rings. The number of aryl methyl sites for hydroxylation is 1. The monoisotopic (exact) mass is 304 g/mol. The van der Waals surface area contributed by atoms with Crippen molar-refractivity contribution in [3.8, 4) is 6.07 Å². The molecule has 0 fully saturated rings. The molecule has 4 nitrogen and oxygen atoms in total. The molecule has 0 aliphatic rings. The Hall–Kier alpha value is -1.77. The van der Waals surface area contributed by atoms with E-state index in [1.165, 1.54) is 11.8 Å². The zero-order chi connectivity index (χ0) is 14.5. The summed E-state index contributed by atoms with van der Waals surface area (Å²) < 4.78 is 0. The van der Waals surface area contributed by atoms with Gasteiger partial charge in [0.05, 0.1) is 5.69 Å². The van der Waals surface area contributed by atoms with Crippen LogP contribution >= 0.6 is 23.4 Å². The summed E-state index contributed by atoms with van der Waals surface area (Å²) in [6.45, 7) is 1.94. The minimum absolute atomic E-state index is 0.237. The van der Waals surface area contributed by atoms with E-state index in [1.807, 2.05) is 37.3 Å². The molecule has 0 aliphatic heterocycles. The molecule has 2 N–H and O–H groups in total. The topological polar surface area (TPSA) is 75.6 Å². The number of nitriles is 1. The van der Waals surface area contributed by atoms with E-state index < -0.39 is 0 Å². The summed E-state index contributed by atoms with van der Waals surface area (Å²) in [6.07, 6.45) is 0.648. The average molecular weight is 305 g/mol. The lowest BCUT2D eigenvalue weighted by molar-refractivity contribution is 0.888. The van der Waals surface area contributed by atoms with E-state index in [1.54, 1.807) is 0 Å². The van der Waals surface area contributed by atoms with E-state index >= 15 is 0 Å². The van der Waals surface area contributed by atoms with Gasteiger partial charge >= 0.3 is 0 Å². The zero-order valence-corrected chi connectivity index (χ0v) is 12.5. The first-order chi connectivity index (χ1) is 9.65. The van der Waals surface area contributed by atoms with Gasteiger partial charge in [-0.25, -0.2) is 9.97 Å².